The fourth-order valence-electron chi connectivity index (χ4n) is 3.01. The molecule has 0 aliphatic carbocycles. The number of para-hydroxylation sites is 2. The minimum Gasteiger partial charge on any atom is -1.00 e. The number of aryl methyl sites for hydroxylation is 1. The zero-order valence-corrected chi connectivity index (χ0v) is 16.3. The van der Waals surface area contributed by atoms with E-state index in [0.717, 1.165) is 34.4 Å². The minimum atomic E-state index is 0. The first-order valence-corrected chi connectivity index (χ1v) is 9.00. The van der Waals surface area contributed by atoms with E-state index in [-0.39, 0.29) is 12.4 Å². The molecule has 4 rings (SSSR count). The number of rotatable bonds is 4. The number of hydrogen-bond acceptors (Lipinski definition) is 3. The fraction of sp³-hybridized carbons (Fsp3) is 0.0909. The van der Waals surface area contributed by atoms with Gasteiger partial charge in [0.1, 0.15) is 5.82 Å². The molecule has 0 aliphatic heterocycles. The smallest absolute Gasteiger partial charge is 0.163 e. The molecule has 0 spiro atoms. The van der Waals surface area contributed by atoms with Crippen LogP contribution in [0.15, 0.2) is 72.8 Å². The van der Waals surface area contributed by atoms with E-state index >= 15 is 0 Å². The van der Waals surface area contributed by atoms with Crippen molar-refractivity contribution in [3.05, 3.63) is 83.4 Å². The molecule has 1 N–H and O–H groups in total. The average Bonchev–Trinajstić information content (AvgIpc) is 2.68. The first kappa shape index (κ1) is 19.2. The largest absolute Gasteiger partial charge is 1.00 e. The van der Waals surface area contributed by atoms with Crippen molar-refractivity contribution in [3.8, 4) is 11.4 Å². The van der Waals surface area contributed by atoms with E-state index in [4.69, 9.17) is 21.6 Å². The highest BCUT2D eigenvalue weighted by molar-refractivity contribution is 6.33. The summed E-state index contributed by atoms with van der Waals surface area (Å²) in [7, 11) is 0. The number of anilines is 2. The molecule has 0 unspecified atom stereocenters. The third kappa shape index (κ3) is 3.90. The van der Waals surface area contributed by atoms with Crippen LogP contribution in [0.3, 0.4) is 0 Å². The molecule has 1 heterocycles. The Morgan fingerprint density at radius 1 is 0.852 bits per heavy atom. The van der Waals surface area contributed by atoms with Gasteiger partial charge < -0.3 is 17.7 Å². The SMILES string of the molecule is CCc1ccccc1Nc1nc(-c2ccccc2Cl)nc2ccccc12.[Cl-]. The summed E-state index contributed by atoms with van der Waals surface area (Å²) in [5.41, 5.74) is 4.01. The van der Waals surface area contributed by atoms with Crippen molar-refractivity contribution in [2.24, 2.45) is 0 Å². The second-order valence-electron chi connectivity index (χ2n) is 6.03. The summed E-state index contributed by atoms with van der Waals surface area (Å²) in [4.78, 5) is 9.51. The number of nitrogens with one attached hydrogen (secondary N) is 1. The predicted molar refractivity (Wildman–Crippen MR) is 109 cm³/mol. The molecule has 0 fully saturated rings. The Kier molecular flexibility index (Phi) is 5.94. The van der Waals surface area contributed by atoms with E-state index < -0.39 is 0 Å². The lowest BCUT2D eigenvalue weighted by atomic mass is 10.1. The Labute approximate surface area is 169 Å². The molecule has 4 aromatic rings. The molecule has 27 heavy (non-hydrogen) atoms. The van der Waals surface area contributed by atoms with Gasteiger partial charge in [-0.3, -0.25) is 0 Å². The molecule has 0 radical (unpaired) electrons. The molecular formula is C22H18Cl2N3-. The van der Waals surface area contributed by atoms with Crippen molar-refractivity contribution < 1.29 is 12.4 Å². The first-order chi connectivity index (χ1) is 12.8. The Bertz CT molecular complexity index is 1080. The summed E-state index contributed by atoms with van der Waals surface area (Å²) in [6.07, 6.45) is 0.948. The zero-order chi connectivity index (χ0) is 17.9. The summed E-state index contributed by atoms with van der Waals surface area (Å²) in [6, 6.07) is 23.9. The summed E-state index contributed by atoms with van der Waals surface area (Å²) in [5.74, 6) is 1.40. The van der Waals surface area contributed by atoms with Gasteiger partial charge in [-0.1, -0.05) is 61.0 Å². The van der Waals surface area contributed by atoms with Crippen molar-refractivity contribution in [3.63, 3.8) is 0 Å². The monoisotopic (exact) mass is 394 g/mol. The maximum absolute atomic E-state index is 6.37. The van der Waals surface area contributed by atoms with Crippen LogP contribution in [0.1, 0.15) is 12.5 Å². The molecule has 1 aromatic heterocycles. The van der Waals surface area contributed by atoms with Crippen molar-refractivity contribution in [2.45, 2.75) is 13.3 Å². The van der Waals surface area contributed by atoms with E-state index in [2.05, 4.69) is 30.4 Å². The zero-order valence-electron chi connectivity index (χ0n) is 14.8. The van der Waals surface area contributed by atoms with E-state index in [0.29, 0.717) is 10.8 Å². The average molecular weight is 395 g/mol. The summed E-state index contributed by atoms with van der Waals surface area (Å²) in [6.45, 7) is 2.15. The van der Waals surface area contributed by atoms with Crippen LogP contribution >= 0.6 is 11.6 Å². The number of fused-ring (bicyclic) bond motifs is 1. The minimum absolute atomic E-state index is 0. The summed E-state index contributed by atoms with van der Waals surface area (Å²) in [5, 5.41) is 5.12. The highest BCUT2D eigenvalue weighted by Gasteiger charge is 2.12. The Morgan fingerprint density at radius 2 is 1.56 bits per heavy atom. The number of halogens is 2. The molecule has 0 amide bonds. The van der Waals surface area contributed by atoms with Crippen LogP contribution in [0.25, 0.3) is 22.3 Å². The maximum Gasteiger partial charge on any atom is 0.163 e. The fourth-order valence-corrected chi connectivity index (χ4v) is 3.23. The lowest BCUT2D eigenvalue weighted by Crippen LogP contribution is -3.00. The molecular weight excluding hydrogens is 377 g/mol. The third-order valence-corrected chi connectivity index (χ3v) is 4.70. The lowest BCUT2D eigenvalue weighted by molar-refractivity contribution is -0.00000516. The van der Waals surface area contributed by atoms with Crippen LogP contribution in [0.5, 0.6) is 0 Å². The molecule has 3 aromatic carbocycles. The highest BCUT2D eigenvalue weighted by atomic mass is 35.5. The van der Waals surface area contributed by atoms with E-state index in [9.17, 15) is 0 Å². The molecule has 0 atom stereocenters. The Balaban J connectivity index is 0.00000210. The van der Waals surface area contributed by atoms with Gasteiger partial charge in [-0.25, -0.2) is 9.97 Å². The molecule has 0 saturated carbocycles. The predicted octanol–water partition coefficient (Wildman–Crippen LogP) is 3.26. The van der Waals surface area contributed by atoms with Crippen molar-refractivity contribution in [2.75, 3.05) is 5.32 Å². The molecule has 136 valence electrons. The van der Waals surface area contributed by atoms with Crippen LogP contribution in [-0.2, 0) is 6.42 Å². The molecule has 0 bridgehead atoms. The van der Waals surface area contributed by atoms with Crippen LogP contribution in [-0.4, -0.2) is 9.97 Å². The van der Waals surface area contributed by atoms with Crippen molar-refractivity contribution in [1.29, 1.82) is 0 Å². The Hall–Kier alpha value is -2.62. The topological polar surface area (TPSA) is 37.8 Å². The van der Waals surface area contributed by atoms with Gasteiger partial charge in [-0.2, -0.15) is 0 Å². The van der Waals surface area contributed by atoms with Gasteiger partial charge in [0.15, 0.2) is 5.82 Å². The van der Waals surface area contributed by atoms with Crippen molar-refractivity contribution >= 4 is 34.0 Å². The quantitative estimate of drug-likeness (QED) is 0.577. The molecule has 0 aliphatic rings. The molecule has 3 nitrogen and oxygen atoms in total. The highest BCUT2D eigenvalue weighted by Crippen LogP contribution is 2.31. The van der Waals surface area contributed by atoms with Gasteiger partial charge in [0.25, 0.3) is 0 Å². The van der Waals surface area contributed by atoms with E-state index in [1.54, 1.807) is 0 Å². The standard InChI is InChI=1S/C22H18ClN3.ClH/c1-2-15-9-3-7-13-19(15)24-22-17-11-5-8-14-20(17)25-21(26-22)16-10-4-6-12-18(16)23;/h3-14H,2H2,1H3,(H,24,25,26);1H/p-1. The van der Waals surface area contributed by atoms with Gasteiger partial charge in [-0.15, -0.1) is 0 Å². The number of hydrogen-bond donors (Lipinski definition) is 1. The molecule has 0 saturated heterocycles. The Morgan fingerprint density at radius 3 is 2.37 bits per heavy atom. The van der Waals surface area contributed by atoms with Crippen LogP contribution in [0.4, 0.5) is 11.5 Å². The van der Waals surface area contributed by atoms with Crippen LogP contribution in [0.2, 0.25) is 5.02 Å². The first-order valence-electron chi connectivity index (χ1n) is 8.63. The van der Waals surface area contributed by atoms with E-state index in [1.165, 1.54) is 5.56 Å². The third-order valence-electron chi connectivity index (χ3n) is 4.37. The van der Waals surface area contributed by atoms with Gasteiger partial charge >= 0.3 is 0 Å². The molecule has 5 heteroatoms. The van der Waals surface area contributed by atoms with Crippen molar-refractivity contribution in [1.82, 2.24) is 9.97 Å². The van der Waals surface area contributed by atoms with Gasteiger partial charge in [0.2, 0.25) is 0 Å². The van der Waals surface area contributed by atoms with Crippen LogP contribution < -0.4 is 17.7 Å². The van der Waals surface area contributed by atoms with Gasteiger partial charge in [0.05, 0.1) is 10.5 Å². The normalized spacial score (nSPS) is 10.4. The lowest BCUT2D eigenvalue weighted by Gasteiger charge is -2.14. The number of benzene rings is 3. The van der Waals surface area contributed by atoms with Gasteiger partial charge in [-0.05, 0) is 42.3 Å². The second kappa shape index (κ2) is 8.38. The number of aromatic nitrogens is 2. The summed E-state index contributed by atoms with van der Waals surface area (Å²) >= 11 is 6.37. The van der Waals surface area contributed by atoms with E-state index in [1.807, 2.05) is 54.6 Å². The maximum atomic E-state index is 6.37. The summed E-state index contributed by atoms with van der Waals surface area (Å²) < 4.78 is 0. The number of nitrogens with zero attached hydrogens (tertiary/aromatic N) is 2. The second-order valence-corrected chi connectivity index (χ2v) is 6.44. The van der Waals surface area contributed by atoms with Gasteiger partial charge in [0, 0.05) is 16.6 Å². The van der Waals surface area contributed by atoms with Crippen LogP contribution in [0, 0.1) is 0 Å².